The van der Waals surface area contributed by atoms with E-state index in [9.17, 15) is 0 Å². The summed E-state index contributed by atoms with van der Waals surface area (Å²) >= 11 is 0. The zero-order valence-corrected chi connectivity index (χ0v) is 14.1. The van der Waals surface area contributed by atoms with Crippen molar-refractivity contribution in [3.05, 3.63) is 34.6 Å². The van der Waals surface area contributed by atoms with Crippen LogP contribution in [0, 0.1) is 6.92 Å². The molecule has 0 bridgehead atoms. The molecule has 0 saturated carbocycles. The number of methoxy groups -OCH3 is 1. The highest BCUT2D eigenvalue weighted by atomic mass is 16.5. The molecule has 3 nitrogen and oxygen atoms in total. The van der Waals surface area contributed by atoms with Crippen LogP contribution in [0.2, 0.25) is 0 Å². The predicted molar refractivity (Wildman–Crippen MR) is 87.7 cm³/mol. The normalized spacial score (nSPS) is 12.3. The minimum absolute atomic E-state index is 0.127. The van der Waals surface area contributed by atoms with Gasteiger partial charge in [0.05, 0.1) is 13.2 Å². The number of furan rings is 1. The molecule has 1 N–H and O–H groups in total. The minimum atomic E-state index is 0.127. The second-order valence-electron chi connectivity index (χ2n) is 6.64. The zero-order valence-electron chi connectivity index (χ0n) is 14.1. The number of hydrogen-bond donors (Lipinski definition) is 1. The number of nitrogens with one attached hydrogen (secondary N) is 1. The van der Waals surface area contributed by atoms with Gasteiger partial charge < -0.3 is 14.5 Å². The highest BCUT2D eigenvalue weighted by molar-refractivity contribution is 5.86. The molecular weight excluding hydrogens is 262 g/mol. The number of fused-ring (bicyclic) bond motifs is 1. The molecular formula is C18H27NO2. The van der Waals surface area contributed by atoms with Gasteiger partial charge in [0.2, 0.25) is 0 Å². The topological polar surface area (TPSA) is 34.4 Å². The van der Waals surface area contributed by atoms with Crippen molar-refractivity contribution in [1.29, 1.82) is 0 Å². The largest absolute Gasteiger partial charge is 0.459 e. The molecule has 0 unspecified atom stereocenters. The number of hydrogen-bond acceptors (Lipinski definition) is 3. The van der Waals surface area contributed by atoms with Crippen LogP contribution in [0.5, 0.6) is 0 Å². The fourth-order valence-electron chi connectivity index (χ4n) is 2.59. The van der Waals surface area contributed by atoms with Crippen molar-refractivity contribution in [2.75, 3.05) is 13.7 Å². The van der Waals surface area contributed by atoms with Crippen LogP contribution in [0.25, 0.3) is 11.0 Å². The first-order valence-corrected chi connectivity index (χ1v) is 7.63. The molecule has 2 aromatic rings. The van der Waals surface area contributed by atoms with Gasteiger partial charge in [-0.2, -0.15) is 0 Å². The van der Waals surface area contributed by atoms with E-state index in [0.29, 0.717) is 6.61 Å². The monoisotopic (exact) mass is 289 g/mol. The standard InChI is InChI=1S/C18H27NO2/c1-7-19-10-16-15(11-20-6)14-9-13(18(3,4)5)8-12(2)17(14)21-16/h8-9,19H,7,10-11H2,1-6H3. The quantitative estimate of drug-likeness (QED) is 0.891. The Bertz CT molecular complexity index is 620. The van der Waals surface area contributed by atoms with E-state index < -0.39 is 0 Å². The van der Waals surface area contributed by atoms with Crippen LogP contribution in [-0.2, 0) is 23.3 Å². The molecule has 2 rings (SSSR count). The van der Waals surface area contributed by atoms with Crippen LogP contribution in [0.4, 0.5) is 0 Å². The van der Waals surface area contributed by atoms with Crippen LogP contribution in [-0.4, -0.2) is 13.7 Å². The van der Waals surface area contributed by atoms with Gasteiger partial charge in [-0.15, -0.1) is 0 Å². The Labute approximate surface area is 127 Å². The van der Waals surface area contributed by atoms with Crippen molar-refractivity contribution >= 4 is 11.0 Å². The maximum atomic E-state index is 6.11. The molecule has 116 valence electrons. The third-order valence-corrected chi connectivity index (χ3v) is 3.85. The summed E-state index contributed by atoms with van der Waals surface area (Å²) < 4.78 is 11.5. The summed E-state index contributed by atoms with van der Waals surface area (Å²) in [6, 6.07) is 4.50. The molecule has 0 aliphatic heterocycles. The van der Waals surface area contributed by atoms with E-state index in [1.54, 1.807) is 7.11 Å². The van der Waals surface area contributed by atoms with Crippen LogP contribution < -0.4 is 5.32 Å². The first-order chi connectivity index (χ1) is 9.88. The van der Waals surface area contributed by atoms with E-state index in [0.717, 1.165) is 24.4 Å². The number of benzene rings is 1. The molecule has 1 aromatic heterocycles. The molecule has 0 amide bonds. The Morgan fingerprint density at radius 2 is 1.95 bits per heavy atom. The predicted octanol–water partition coefficient (Wildman–Crippen LogP) is 4.29. The Hall–Kier alpha value is -1.32. The van der Waals surface area contributed by atoms with Crippen LogP contribution >= 0.6 is 0 Å². The number of ether oxygens (including phenoxy) is 1. The Morgan fingerprint density at radius 1 is 1.24 bits per heavy atom. The van der Waals surface area contributed by atoms with Gasteiger partial charge in [0, 0.05) is 18.1 Å². The maximum Gasteiger partial charge on any atom is 0.137 e. The molecule has 1 aromatic carbocycles. The Balaban J connectivity index is 2.62. The van der Waals surface area contributed by atoms with E-state index in [4.69, 9.17) is 9.15 Å². The average Bonchev–Trinajstić information content (AvgIpc) is 2.75. The van der Waals surface area contributed by atoms with E-state index in [1.807, 2.05) is 0 Å². The van der Waals surface area contributed by atoms with Gasteiger partial charge in [0.25, 0.3) is 0 Å². The summed E-state index contributed by atoms with van der Waals surface area (Å²) in [5, 5.41) is 4.53. The zero-order chi connectivity index (χ0) is 15.6. The lowest BCUT2D eigenvalue weighted by Gasteiger charge is -2.19. The number of aryl methyl sites for hydroxylation is 1. The Morgan fingerprint density at radius 3 is 2.52 bits per heavy atom. The van der Waals surface area contributed by atoms with E-state index >= 15 is 0 Å². The van der Waals surface area contributed by atoms with Crippen LogP contribution in [0.1, 0.15) is 50.1 Å². The molecule has 0 atom stereocenters. The van der Waals surface area contributed by atoms with Crippen LogP contribution in [0.15, 0.2) is 16.5 Å². The molecule has 0 aliphatic carbocycles. The van der Waals surface area contributed by atoms with Gasteiger partial charge in [-0.25, -0.2) is 0 Å². The van der Waals surface area contributed by atoms with Crippen molar-refractivity contribution in [2.24, 2.45) is 0 Å². The van der Waals surface area contributed by atoms with Gasteiger partial charge in [-0.3, -0.25) is 0 Å². The summed E-state index contributed by atoms with van der Waals surface area (Å²) in [5.41, 5.74) is 4.81. The van der Waals surface area contributed by atoms with E-state index in [-0.39, 0.29) is 5.41 Å². The summed E-state index contributed by atoms with van der Waals surface area (Å²) in [5.74, 6) is 0.989. The Kier molecular flexibility index (Phi) is 4.74. The third-order valence-electron chi connectivity index (χ3n) is 3.85. The smallest absolute Gasteiger partial charge is 0.137 e. The van der Waals surface area contributed by atoms with E-state index in [1.165, 1.54) is 22.1 Å². The molecule has 0 fully saturated rings. The van der Waals surface area contributed by atoms with Crippen molar-refractivity contribution in [3.8, 4) is 0 Å². The minimum Gasteiger partial charge on any atom is -0.459 e. The molecule has 21 heavy (non-hydrogen) atoms. The molecule has 0 aliphatic rings. The summed E-state index contributed by atoms with van der Waals surface area (Å²) in [6.45, 7) is 13.2. The lowest BCUT2D eigenvalue weighted by molar-refractivity contribution is 0.183. The van der Waals surface area contributed by atoms with Crippen molar-refractivity contribution < 1.29 is 9.15 Å². The first-order valence-electron chi connectivity index (χ1n) is 7.63. The van der Waals surface area contributed by atoms with E-state index in [2.05, 4.69) is 52.1 Å². The van der Waals surface area contributed by atoms with Gasteiger partial charge >= 0.3 is 0 Å². The van der Waals surface area contributed by atoms with Crippen molar-refractivity contribution in [2.45, 2.75) is 53.2 Å². The van der Waals surface area contributed by atoms with Gasteiger partial charge in [0.1, 0.15) is 11.3 Å². The molecule has 0 radical (unpaired) electrons. The lowest BCUT2D eigenvalue weighted by Crippen LogP contribution is -2.12. The van der Waals surface area contributed by atoms with Gasteiger partial charge in [-0.1, -0.05) is 33.8 Å². The average molecular weight is 289 g/mol. The number of rotatable bonds is 5. The fourth-order valence-corrected chi connectivity index (χ4v) is 2.59. The molecule has 1 heterocycles. The molecule has 0 spiro atoms. The van der Waals surface area contributed by atoms with Crippen LogP contribution in [0.3, 0.4) is 0 Å². The maximum absolute atomic E-state index is 6.11. The van der Waals surface area contributed by atoms with Gasteiger partial charge in [0.15, 0.2) is 0 Å². The van der Waals surface area contributed by atoms with Crippen molar-refractivity contribution in [3.63, 3.8) is 0 Å². The lowest BCUT2D eigenvalue weighted by atomic mass is 9.85. The second-order valence-corrected chi connectivity index (χ2v) is 6.64. The second kappa shape index (κ2) is 6.20. The fraction of sp³-hybridized carbons (Fsp3) is 0.556. The summed E-state index contributed by atoms with van der Waals surface area (Å²) in [4.78, 5) is 0. The molecule has 3 heteroatoms. The summed E-state index contributed by atoms with van der Waals surface area (Å²) in [7, 11) is 1.73. The van der Waals surface area contributed by atoms with Gasteiger partial charge in [-0.05, 0) is 36.1 Å². The highest BCUT2D eigenvalue weighted by Gasteiger charge is 2.20. The summed E-state index contributed by atoms with van der Waals surface area (Å²) in [6.07, 6.45) is 0. The van der Waals surface area contributed by atoms with Crippen molar-refractivity contribution in [1.82, 2.24) is 5.32 Å². The highest BCUT2D eigenvalue weighted by Crippen LogP contribution is 2.34. The molecule has 0 saturated heterocycles. The SMILES string of the molecule is CCNCc1oc2c(C)cc(C(C)(C)C)cc2c1COC. The third kappa shape index (κ3) is 3.30. The first kappa shape index (κ1) is 16.1.